The SMILES string of the molecule is CNc1ncc(Br)c(NC(C)C(=O)NCCOC)n1. The third kappa shape index (κ3) is 4.99. The molecule has 1 heterocycles. The molecule has 0 saturated heterocycles. The largest absolute Gasteiger partial charge is 0.383 e. The van der Waals surface area contributed by atoms with Crippen molar-refractivity contribution in [3.05, 3.63) is 10.7 Å². The van der Waals surface area contributed by atoms with E-state index in [-0.39, 0.29) is 5.91 Å². The molecule has 106 valence electrons. The summed E-state index contributed by atoms with van der Waals surface area (Å²) in [6.45, 7) is 2.73. The van der Waals surface area contributed by atoms with Gasteiger partial charge in [-0.3, -0.25) is 4.79 Å². The molecule has 0 aliphatic carbocycles. The number of anilines is 2. The van der Waals surface area contributed by atoms with Crippen LogP contribution in [0.4, 0.5) is 11.8 Å². The molecular weight excluding hydrogens is 314 g/mol. The fourth-order valence-electron chi connectivity index (χ4n) is 1.29. The first-order valence-electron chi connectivity index (χ1n) is 5.82. The van der Waals surface area contributed by atoms with Crippen LogP contribution in [0.5, 0.6) is 0 Å². The van der Waals surface area contributed by atoms with Gasteiger partial charge in [0, 0.05) is 26.9 Å². The zero-order chi connectivity index (χ0) is 14.3. The standard InChI is InChI=1S/C11H18BrN5O2/c1-7(10(18)14-4-5-19-3)16-9-8(12)6-15-11(13-2)17-9/h6-7H,4-5H2,1-3H3,(H,14,18)(H2,13,15,16,17). The van der Waals surface area contributed by atoms with E-state index in [1.807, 2.05) is 0 Å². The lowest BCUT2D eigenvalue weighted by Gasteiger charge is -2.15. The zero-order valence-electron chi connectivity index (χ0n) is 11.2. The Morgan fingerprint density at radius 2 is 2.32 bits per heavy atom. The molecule has 0 saturated carbocycles. The number of hydrogen-bond donors (Lipinski definition) is 3. The van der Waals surface area contributed by atoms with E-state index in [1.165, 1.54) is 0 Å². The van der Waals surface area contributed by atoms with Gasteiger partial charge in [0.05, 0.1) is 11.1 Å². The summed E-state index contributed by atoms with van der Waals surface area (Å²) in [6, 6.07) is -0.409. The maximum Gasteiger partial charge on any atom is 0.242 e. The van der Waals surface area contributed by atoms with E-state index in [4.69, 9.17) is 4.74 Å². The van der Waals surface area contributed by atoms with Crippen LogP contribution in [0.3, 0.4) is 0 Å². The van der Waals surface area contributed by atoms with Crippen molar-refractivity contribution >= 4 is 33.6 Å². The summed E-state index contributed by atoms with van der Waals surface area (Å²) in [5, 5.41) is 8.61. The van der Waals surface area contributed by atoms with E-state index in [1.54, 1.807) is 27.3 Å². The minimum Gasteiger partial charge on any atom is -0.383 e. The molecule has 0 radical (unpaired) electrons. The fourth-order valence-corrected chi connectivity index (χ4v) is 1.59. The van der Waals surface area contributed by atoms with Gasteiger partial charge in [0.25, 0.3) is 0 Å². The first-order chi connectivity index (χ1) is 9.08. The molecule has 1 unspecified atom stereocenters. The third-order valence-corrected chi connectivity index (χ3v) is 2.90. The van der Waals surface area contributed by atoms with E-state index >= 15 is 0 Å². The van der Waals surface area contributed by atoms with Gasteiger partial charge in [0.15, 0.2) is 0 Å². The Morgan fingerprint density at radius 3 is 2.95 bits per heavy atom. The highest BCUT2D eigenvalue weighted by atomic mass is 79.9. The van der Waals surface area contributed by atoms with Crippen molar-refractivity contribution in [2.45, 2.75) is 13.0 Å². The number of hydrogen-bond acceptors (Lipinski definition) is 6. The predicted octanol–water partition coefficient (Wildman–Crippen LogP) is 0.844. The van der Waals surface area contributed by atoms with Crippen molar-refractivity contribution in [2.24, 2.45) is 0 Å². The number of ether oxygens (including phenoxy) is 1. The van der Waals surface area contributed by atoms with Gasteiger partial charge in [-0.1, -0.05) is 0 Å². The van der Waals surface area contributed by atoms with Gasteiger partial charge < -0.3 is 20.7 Å². The van der Waals surface area contributed by atoms with Crippen LogP contribution < -0.4 is 16.0 Å². The van der Waals surface area contributed by atoms with Crippen LogP contribution in [-0.2, 0) is 9.53 Å². The highest BCUT2D eigenvalue weighted by molar-refractivity contribution is 9.10. The van der Waals surface area contributed by atoms with Crippen LogP contribution in [0.25, 0.3) is 0 Å². The topological polar surface area (TPSA) is 88.2 Å². The van der Waals surface area contributed by atoms with E-state index in [9.17, 15) is 4.79 Å². The number of carbonyl (C=O) groups is 1. The first kappa shape index (κ1) is 15.6. The Bertz CT molecular complexity index is 430. The Hall–Kier alpha value is -1.41. The van der Waals surface area contributed by atoms with Crippen molar-refractivity contribution < 1.29 is 9.53 Å². The fraction of sp³-hybridized carbons (Fsp3) is 0.545. The Kier molecular flexibility index (Phi) is 6.51. The maximum atomic E-state index is 11.8. The molecular formula is C11H18BrN5O2. The molecule has 3 N–H and O–H groups in total. The van der Waals surface area contributed by atoms with Gasteiger partial charge >= 0.3 is 0 Å². The number of rotatable bonds is 7. The first-order valence-corrected chi connectivity index (χ1v) is 6.61. The number of aromatic nitrogens is 2. The van der Waals surface area contributed by atoms with Crippen LogP contribution in [-0.4, -0.2) is 49.2 Å². The molecule has 19 heavy (non-hydrogen) atoms. The van der Waals surface area contributed by atoms with Crippen molar-refractivity contribution in [3.8, 4) is 0 Å². The maximum absolute atomic E-state index is 11.8. The van der Waals surface area contributed by atoms with Crippen LogP contribution >= 0.6 is 15.9 Å². The summed E-state index contributed by atoms with van der Waals surface area (Å²) in [5.74, 6) is 0.931. The molecule has 0 spiro atoms. The van der Waals surface area contributed by atoms with Crippen LogP contribution in [0, 0.1) is 0 Å². The van der Waals surface area contributed by atoms with Crippen LogP contribution in [0.2, 0.25) is 0 Å². The molecule has 1 atom stereocenters. The summed E-state index contributed by atoms with van der Waals surface area (Å²) in [4.78, 5) is 20.1. The minimum absolute atomic E-state index is 0.117. The lowest BCUT2D eigenvalue weighted by Crippen LogP contribution is -2.39. The average molecular weight is 332 g/mol. The molecule has 0 aliphatic rings. The van der Waals surface area contributed by atoms with Crippen molar-refractivity contribution in [1.29, 1.82) is 0 Å². The molecule has 1 amide bonds. The summed E-state index contributed by atoms with van der Waals surface area (Å²) in [5.41, 5.74) is 0. The average Bonchev–Trinajstić information content (AvgIpc) is 2.41. The zero-order valence-corrected chi connectivity index (χ0v) is 12.7. The Labute approximate surface area is 120 Å². The smallest absolute Gasteiger partial charge is 0.242 e. The summed E-state index contributed by atoms with van der Waals surface area (Å²) in [6.07, 6.45) is 1.62. The number of nitrogens with zero attached hydrogens (tertiary/aromatic N) is 2. The number of nitrogens with one attached hydrogen (secondary N) is 3. The molecule has 1 aromatic heterocycles. The lowest BCUT2D eigenvalue weighted by molar-refractivity contribution is -0.121. The van der Waals surface area contributed by atoms with Gasteiger partial charge in [0.1, 0.15) is 11.9 Å². The van der Waals surface area contributed by atoms with Gasteiger partial charge in [-0.05, 0) is 22.9 Å². The summed E-state index contributed by atoms with van der Waals surface area (Å²) >= 11 is 3.33. The van der Waals surface area contributed by atoms with E-state index in [0.29, 0.717) is 29.4 Å². The van der Waals surface area contributed by atoms with Crippen LogP contribution in [0.15, 0.2) is 10.7 Å². The molecule has 0 aromatic carbocycles. The van der Waals surface area contributed by atoms with Gasteiger partial charge in [-0.15, -0.1) is 0 Å². The monoisotopic (exact) mass is 331 g/mol. The highest BCUT2D eigenvalue weighted by Crippen LogP contribution is 2.20. The second kappa shape index (κ2) is 7.90. The molecule has 0 fully saturated rings. The van der Waals surface area contributed by atoms with E-state index < -0.39 is 6.04 Å². The van der Waals surface area contributed by atoms with Crippen LogP contribution in [0.1, 0.15) is 6.92 Å². The van der Waals surface area contributed by atoms with E-state index in [0.717, 1.165) is 0 Å². The predicted molar refractivity (Wildman–Crippen MR) is 77.2 cm³/mol. The summed E-state index contributed by atoms with van der Waals surface area (Å²) in [7, 11) is 3.32. The number of carbonyl (C=O) groups excluding carboxylic acids is 1. The Balaban J connectivity index is 2.60. The van der Waals surface area contributed by atoms with Gasteiger partial charge in [-0.25, -0.2) is 4.98 Å². The Morgan fingerprint density at radius 1 is 1.58 bits per heavy atom. The molecule has 0 bridgehead atoms. The molecule has 8 heteroatoms. The number of halogens is 1. The number of amides is 1. The number of methoxy groups -OCH3 is 1. The highest BCUT2D eigenvalue weighted by Gasteiger charge is 2.14. The normalized spacial score (nSPS) is 11.8. The second-order valence-corrected chi connectivity index (χ2v) is 4.64. The van der Waals surface area contributed by atoms with E-state index in [2.05, 4.69) is 41.8 Å². The third-order valence-electron chi connectivity index (χ3n) is 2.32. The quantitative estimate of drug-likeness (QED) is 0.642. The van der Waals surface area contributed by atoms with Gasteiger partial charge in [-0.2, -0.15) is 4.98 Å². The molecule has 7 nitrogen and oxygen atoms in total. The minimum atomic E-state index is -0.409. The molecule has 0 aliphatic heterocycles. The second-order valence-electron chi connectivity index (χ2n) is 3.79. The van der Waals surface area contributed by atoms with Crippen molar-refractivity contribution in [2.75, 3.05) is 37.9 Å². The molecule has 1 rings (SSSR count). The van der Waals surface area contributed by atoms with Crippen molar-refractivity contribution in [1.82, 2.24) is 15.3 Å². The van der Waals surface area contributed by atoms with Gasteiger partial charge in [0.2, 0.25) is 11.9 Å². The van der Waals surface area contributed by atoms with Crippen molar-refractivity contribution in [3.63, 3.8) is 0 Å². The summed E-state index contributed by atoms with van der Waals surface area (Å²) < 4.78 is 5.57. The lowest BCUT2D eigenvalue weighted by atomic mass is 10.3. The molecule has 1 aromatic rings.